The minimum Gasteiger partial charge on any atom is -0.377 e. The van der Waals surface area contributed by atoms with Crippen LogP contribution < -0.4 is 0 Å². The molecule has 54 heavy (non-hydrogen) atoms. The number of hydrogen-bond acceptors (Lipinski definition) is 7. The Balaban J connectivity index is 1.19. The molecule has 7 nitrogen and oxygen atoms in total. The van der Waals surface area contributed by atoms with Crippen molar-refractivity contribution in [3.05, 3.63) is 179 Å². The Morgan fingerprint density at radius 1 is 0.463 bits per heavy atom. The highest BCUT2D eigenvalue weighted by Gasteiger charge is 2.49. The highest BCUT2D eigenvalue weighted by atomic mass is 16.7. The van der Waals surface area contributed by atoms with E-state index in [9.17, 15) is 0 Å². The summed E-state index contributed by atoms with van der Waals surface area (Å²) in [6.07, 6.45) is -0.196. The zero-order chi connectivity index (χ0) is 37.0. The van der Waals surface area contributed by atoms with Gasteiger partial charge in [0.25, 0.3) is 0 Å². The molecule has 6 atom stereocenters. The van der Waals surface area contributed by atoms with Gasteiger partial charge in [-0.2, -0.15) is 0 Å². The molecule has 5 aromatic rings. The lowest BCUT2D eigenvalue weighted by molar-refractivity contribution is -0.335. The highest BCUT2D eigenvalue weighted by Crippen LogP contribution is 2.32. The Hall–Kier alpha value is -4.18. The second kappa shape index (κ2) is 22.3. The van der Waals surface area contributed by atoms with Crippen LogP contribution in [-0.2, 0) is 66.2 Å². The van der Waals surface area contributed by atoms with E-state index < -0.39 is 30.7 Å². The lowest BCUT2D eigenvalue weighted by Crippen LogP contribution is -2.62. The third kappa shape index (κ3) is 13.0. The minimum atomic E-state index is -0.722. The zero-order valence-electron chi connectivity index (χ0n) is 31.3. The average molecular weight is 731 g/mol. The maximum Gasteiger partial charge on any atom is 0.187 e. The summed E-state index contributed by atoms with van der Waals surface area (Å²) in [6.45, 7) is 5.28. The molecule has 1 heterocycles. The maximum absolute atomic E-state index is 6.87. The van der Waals surface area contributed by atoms with E-state index in [0.29, 0.717) is 39.6 Å². The molecule has 0 amide bonds. The molecule has 1 aliphatic heterocycles. The Morgan fingerprint density at radius 3 is 1.35 bits per heavy atom. The van der Waals surface area contributed by atoms with Gasteiger partial charge in [0.05, 0.1) is 45.7 Å². The molecule has 0 bridgehead atoms. The lowest BCUT2D eigenvalue weighted by Gasteiger charge is -2.46. The van der Waals surface area contributed by atoms with Gasteiger partial charge in [-0.3, -0.25) is 0 Å². The molecule has 0 spiro atoms. The Kier molecular flexibility index (Phi) is 16.3. The molecule has 284 valence electrons. The van der Waals surface area contributed by atoms with Gasteiger partial charge < -0.3 is 33.2 Å². The fourth-order valence-electron chi connectivity index (χ4n) is 6.55. The van der Waals surface area contributed by atoms with Crippen LogP contribution in [0.5, 0.6) is 0 Å². The van der Waals surface area contributed by atoms with Gasteiger partial charge in [0, 0.05) is 6.61 Å². The summed E-state index contributed by atoms with van der Waals surface area (Å²) in [6, 6.07) is 51.0. The van der Waals surface area contributed by atoms with Crippen molar-refractivity contribution in [2.24, 2.45) is 0 Å². The molecule has 0 aliphatic carbocycles. The molecule has 1 fully saturated rings. The monoisotopic (exact) mass is 730 g/mol. The first kappa shape index (κ1) is 39.5. The summed E-state index contributed by atoms with van der Waals surface area (Å²) >= 11 is 0. The fraction of sp³-hybridized carbons (Fsp3) is 0.362. The van der Waals surface area contributed by atoms with Crippen molar-refractivity contribution in [3.8, 4) is 0 Å². The van der Waals surface area contributed by atoms with Crippen LogP contribution in [0.25, 0.3) is 0 Å². The second-order valence-corrected chi connectivity index (χ2v) is 13.8. The number of unbranched alkanes of at least 4 members (excludes halogenated alkanes) is 1. The van der Waals surface area contributed by atoms with Crippen LogP contribution in [0, 0.1) is 0 Å². The SMILES string of the molecule is C[C@H](CCCCOCc1ccccc1)O[C@H]1O[C@H](COCc2ccccc2)[C@@H](OCc2ccccc2)[C@H](OCc2ccccc2)[C@H]1OCc1ccccc1. The molecule has 1 saturated heterocycles. The predicted molar refractivity (Wildman–Crippen MR) is 210 cm³/mol. The van der Waals surface area contributed by atoms with Crippen molar-refractivity contribution in [1.82, 2.24) is 0 Å². The van der Waals surface area contributed by atoms with E-state index >= 15 is 0 Å². The van der Waals surface area contributed by atoms with Gasteiger partial charge in [-0.15, -0.1) is 0 Å². The van der Waals surface area contributed by atoms with Crippen LogP contribution in [0.2, 0.25) is 0 Å². The van der Waals surface area contributed by atoms with Gasteiger partial charge in [0.1, 0.15) is 24.4 Å². The van der Waals surface area contributed by atoms with Crippen LogP contribution in [0.15, 0.2) is 152 Å². The summed E-state index contributed by atoms with van der Waals surface area (Å²) in [4.78, 5) is 0. The van der Waals surface area contributed by atoms with Crippen LogP contribution in [0.1, 0.15) is 54.0 Å². The molecular weight excluding hydrogens is 677 g/mol. The quantitative estimate of drug-likeness (QED) is 0.0658. The zero-order valence-corrected chi connectivity index (χ0v) is 31.3. The average Bonchev–Trinajstić information content (AvgIpc) is 3.22. The van der Waals surface area contributed by atoms with E-state index in [1.165, 1.54) is 5.56 Å². The summed E-state index contributed by atoms with van der Waals surface area (Å²) in [5.41, 5.74) is 5.44. The summed E-state index contributed by atoms with van der Waals surface area (Å²) in [5, 5.41) is 0. The Labute approximate surface area is 321 Å². The van der Waals surface area contributed by atoms with Gasteiger partial charge in [-0.1, -0.05) is 152 Å². The lowest BCUT2D eigenvalue weighted by atomic mass is 9.97. The third-order valence-electron chi connectivity index (χ3n) is 9.47. The van der Waals surface area contributed by atoms with Crippen molar-refractivity contribution < 1.29 is 33.2 Å². The van der Waals surface area contributed by atoms with E-state index in [0.717, 1.165) is 41.5 Å². The van der Waals surface area contributed by atoms with Gasteiger partial charge in [-0.25, -0.2) is 0 Å². The molecule has 5 aromatic carbocycles. The predicted octanol–water partition coefficient (Wildman–Crippen LogP) is 9.48. The summed E-state index contributed by atoms with van der Waals surface area (Å²) in [5.74, 6) is 0. The first-order valence-corrected chi connectivity index (χ1v) is 19.2. The van der Waals surface area contributed by atoms with Gasteiger partial charge in [0.15, 0.2) is 6.29 Å². The molecule has 6 rings (SSSR count). The smallest absolute Gasteiger partial charge is 0.187 e. The van der Waals surface area contributed by atoms with Crippen molar-refractivity contribution in [3.63, 3.8) is 0 Å². The number of benzene rings is 5. The maximum atomic E-state index is 6.87. The molecule has 1 aliphatic rings. The number of hydrogen-bond donors (Lipinski definition) is 0. The molecule has 0 saturated carbocycles. The summed E-state index contributed by atoms with van der Waals surface area (Å²) < 4.78 is 46.3. The van der Waals surface area contributed by atoms with E-state index in [-0.39, 0.29) is 12.7 Å². The van der Waals surface area contributed by atoms with Crippen molar-refractivity contribution in [2.45, 2.75) is 96.0 Å². The van der Waals surface area contributed by atoms with E-state index in [1.54, 1.807) is 0 Å². The van der Waals surface area contributed by atoms with Crippen LogP contribution in [0.4, 0.5) is 0 Å². The van der Waals surface area contributed by atoms with Gasteiger partial charge in [0.2, 0.25) is 0 Å². The molecule has 0 aromatic heterocycles. The van der Waals surface area contributed by atoms with Gasteiger partial charge >= 0.3 is 0 Å². The van der Waals surface area contributed by atoms with Crippen molar-refractivity contribution in [2.75, 3.05) is 13.2 Å². The highest BCUT2D eigenvalue weighted by molar-refractivity contribution is 5.17. The van der Waals surface area contributed by atoms with Gasteiger partial charge in [-0.05, 0) is 54.0 Å². The van der Waals surface area contributed by atoms with Crippen molar-refractivity contribution in [1.29, 1.82) is 0 Å². The van der Waals surface area contributed by atoms with E-state index in [2.05, 4.69) is 67.6 Å². The largest absolute Gasteiger partial charge is 0.377 e. The van der Waals surface area contributed by atoms with E-state index in [4.69, 9.17) is 33.2 Å². The fourth-order valence-corrected chi connectivity index (χ4v) is 6.55. The third-order valence-corrected chi connectivity index (χ3v) is 9.47. The molecule has 0 N–H and O–H groups in total. The minimum absolute atomic E-state index is 0.102. The molecule has 0 radical (unpaired) electrons. The summed E-state index contributed by atoms with van der Waals surface area (Å²) in [7, 11) is 0. The normalized spacial score (nSPS) is 20.4. The van der Waals surface area contributed by atoms with Crippen LogP contribution in [-0.4, -0.2) is 50.0 Å². The first-order valence-electron chi connectivity index (χ1n) is 19.2. The standard InChI is InChI=1S/C47H54O7/c1-37(19-17-18-30-48-31-38-20-7-2-8-21-38)53-47-46(52-35-42-28-15-6-16-29-42)45(51-34-41-26-13-5-14-27-41)44(50-33-40-24-11-4-12-25-40)43(54-47)36-49-32-39-22-9-3-10-23-39/h2-16,20-29,37,43-47H,17-19,30-36H2,1H3/t37-,43-,44-,45+,46-,47+/m1/s1. The molecule has 7 heteroatoms. The van der Waals surface area contributed by atoms with Crippen LogP contribution in [0.3, 0.4) is 0 Å². The Bertz CT molecular complexity index is 1690. The number of rotatable bonds is 22. The number of ether oxygens (including phenoxy) is 7. The van der Waals surface area contributed by atoms with Crippen LogP contribution >= 0.6 is 0 Å². The Morgan fingerprint density at radius 2 is 0.870 bits per heavy atom. The topological polar surface area (TPSA) is 64.6 Å². The van der Waals surface area contributed by atoms with E-state index in [1.807, 2.05) is 91.0 Å². The second-order valence-electron chi connectivity index (χ2n) is 13.8. The molecular formula is C47H54O7. The molecule has 0 unspecified atom stereocenters. The first-order chi connectivity index (χ1) is 26.7. The van der Waals surface area contributed by atoms with Crippen molar-refractivity contribution >= 4 is 0 Å².